The molecule has 0 radical (unpaired) electrons. The van der Waals surface area contributed by atoms with Gasteiger partial charge in [0.2, 0.25) is 0 Å². The van der Waals surface area contributed by atoms with Crippen molar-refractivity contribution in [2.45, 2.75) is 13.5 Å². The third kappa shape index (κ3) is 3.35. The minimum atomic E-state index is 0.769. The highest BCUT2D eigenvalue weighted by Crippen LogP contribution is 2.21. The first kappa shape index (κ1) is 12.7. The number of rotatable bonds is 4. The van der Waals surface area contributed by atoms with Crippen LogP contribution in [-0.4, -0.2) is 16.1 Å². The summed E-state index contributed by atoms with van der Waals surface area (Å²) in [7, 11) is 0. The van der Waals surface area contributed by atoms with Gasteiger partial charge in [-0.1, -0.05) is 11.6 Å². The van der Waals surface area contributed by atoms with Crippen molar-refractivity contribution in [3.63, 3.8) is 0 Å². The lowest BCUT2D eigenvalue weighted by atomic mass is 10.3. The molecule has 1 N–H and O–H groups in total. The largest absolute Gasteiger partial charge is 0.382 e. The molecule has 1 aromatic heterocycles. The number of aromatic nitrogens is 2. The number of aryl methyl sites for hydroxylation is 1. The maximum atomic E-state index is 5.91. The first-order valence-electron chi connectivity index (χ1n) is 5.33. The number of hydrogen-bond acceptors (Lipinski definition) is 2. The van der Waals surface area contributed by atoms with Crippen LogP contribution in [0.1, 0.15) is 5.82 Å². The number of imidazole rings is 1. The minimum absolute atomic E-state index is 0.769. The predicted octanol–water partition coefficient (Wildman–Crippen LogP) is 3.56. The first-order chi connectivity index (χ1) is 8.16. The van der Waals surface area contributed by atoms with Crippen LogP contribution in [0.5, 0.6) is 0 Å². The van der Waals surface area contributed by atoms with E-state index in [-0.39, 0.29) is 0 Å². The molecule has 1 heterocycles. The van der Waals surface area contributed by atoms with Gasteiger partial charge in [0.05, 0.1) is 0 Å². The summed E-state index contributed by atoms with van der Waals surface area (Å²) in [4.78, 5) is 4.19. The maximum Gasteiger partial charge on any atom is 0.105 e. The van der Waals surface area contributed by atoms with E-state index in [1.54, 1.807) is 0 Å². The highest BCUT2D eigenvalue weighted by atomic mass is 127. The topological polar surface area (TPSA) is 29.9 Å². The molecule has 0 aliphatic rings. The van der Waals surface area contributed by atoms with Gasteiger partial charge in [-0.15, -0.1) is 0 Å². The average molecular weight is 362 g/mol. The Labute approximate surface area is 119 Å². The van der Waals surface area contributed by atoms with Gasteiger partial charge in [-0.05, 0) is 47.7 Å². The zero-order valence-electron chi connectivity index (χ0n) is 9.45. The van der Waals surface area contributed by atoms with Crippen molar-refractivity contribution >= 4 is 39.9 Å². The van der Waals surface area contributed by atoms with Crippen molar-refractivity contribution in [2.75, 3.05) is 11.9 Å². The molecule has 0 atom stereocenters. The number of nitrogens with one attached hydrogen (secondary N) is 1. The molecule has 0 spiro atoms. The third-order valence-electron chi connectivity index (χ3n) is 2.52. The molecular weight excluding hydrogens is 349 g/mol. The van der Waals surface area contributed by atoms with Crippen molar-refractivity contribution in [3.05, 3.63) is 45.0 Å². The fraction of sp³-hybridized carbons (Fsp3) is 0.250. The van der Waals surface area contributed by atoms with Gasteiger partial charge in [0, 0.05) is 39.8 Å². The lowest BCUT2D eigenvalue weighted by molar-refractivity contribution is 0.701. The monoisotopic (exact) mass is 361 g/mol. The fourth-order valence-corrected chi connectivity index (χ4v) is 2.65. The van der Waals surface area contributed by atoms with Crippen LogP contribution in [0, 0.1) is 10.5 Å². The van der Waals surface area contributed by atoms with E-state index in [0.29, 0.717) is 0 Å². The van der Waals surface area contributed by atoms with Crippen molar-refractivity contribution in [2.24, 2.45) is 0 Å². The summed E-state index contributed by atoms with van der Waals surface area (Å²) in [5.74, 6) is 1.04. The Morgan fingerprint density at radius 3 is 2.94 bits per heavy atom. The fourth-order valence-electron chi connectivity index (χ4n) is 1.58. The molecule has 0 aliphatic carbocycles. The molecule has 3 nitrogen and oxygen atoms in total. The Morgan fingerprint density at radius 2 is 2.29 bits per heavy atom. The molecule has 2 rings (SSSR count). The molecule has 2 aromatic rings. The summed E-state index contributed by atoms with van der Waals surface area (Å²) in [6.07, 6.45) is 3.81. The van der Waals surface area contributed by atoms with Gasteiger partial charge >= 0.3 is 0 Å². The van der Waals surface area contributed by atoms with Crippen LogP contribution in [-0.2, 0) is 6.54 Å². The van der Waals surface area contributed by atoms with Crippen LogP contribution in [0.2, 0.25) is 5.02 Å². The number of halogens is 2. The molecule has 1 aromatic carbocycles. The molecule has 90 valence electrons. The van der Waals surface area contributed by atoms with E-state index in [1.807, 2.05) is 37.5 Å². The van der Waals surface area contributed by atoms with E-state index in [9.17, 15) is 0 Å². The summed E-state index contributed by atoms with van der Waals surface area (Å²) in [6.45, 7) is 3.78. The van der Waals surface area contributed by atoms with E-state index >= 15 is 0 Å². The lowest BCUT2D eigenvalue weighted by Gasteiger charge is -2.10. The molecule has 0 unspecified atom stereocenters. The zero-order valence-corrected chi connectivity index (χ0v) is 12.4. The predicted molar refractivity (Wildman–Crippen MR) is 79.6 cm³/mol. The summed E-state index contributed by atoms with van der Waals surface area (Å²) in [5, 5.41) is 4.16. The number of nitrogens with zero attached hydrogens (tertiary/aromatic N) is 2. The van der Waals surface area contributed by atoms with Crippen LogP contribution in [0.4, 0.5) is 5.69 Å². The van der Waals surface area contributed by atoms with Gasteiger partial charge in [0.1, 0.15) is 5.82 Å². The second-order valence-corrected chi connectivity index (χ2v) is 5.32. The molecule has 0 amide bonds. The summed E-state index contributed by atoms with van der Waals surface area (Å²) in [5.41, 5.74) is 1.12. The smallest absolute Gasteiger partial charge is 0.105 e. The molecule has 0 fully saturated rings. The van der Waals surface area contributed by atoms with E-state index in [4.69, 9.17) is 11.6 Å². The number of hydrogen-bond donors (Lipinski definition) is 1. The second-order valence-electron chi connectivity index (χ2n) is 3.72. The quantitative estimate of drug-likeness (QED) is 0.844. The highest BCUT2D eigenvalue weighted by Gasteiger charge is 2.00. The SMILES string of the molecule is Cc1nccn1CCNc1ccc(Cl)cc1I. The van der Waals surface area contributed by atoms with Crippen LogP contribution < -0.4 is 5.32 Å². The second kappa shape index (κ2) is 5.73. The molecule has 0 bridgehead atoms. The Balaban J connectivity index is 1.92. The van der Waals surface area contributed by atoms with Gasteiger partial charge in [0.25, 0.3) is 0 Å². The van der Waals surface area contributed by atoms with Gasteiger partial charge < -0.3 is 9.88 Å². The Hall–Kier alpha value is -0.750. The van der Waals surface area contributed by atoms with Crippen LogP contribution >= 0.6 is 34.2 Å². The Morgan fingerprint density at radius 1 is 1.47 bits per heavy atom. The van der Waals surface area contributed by atoms with Crippen molar-refractivity contribution in [3.8, 4) is 0 Å². The summed E-state index contributed by atoms with van der Waals surface area (Å²) in [6, 6.07) is 5.85. The number of benzene rings is 1. The van der Waals surface area contributed by atoms with Gasteiger partial charge in [-0.3, -0.25) is 0 Å². The Kier molecular flexibility index (Phi) is 4.28. The van der Waals surface area contributed by atoms with E-state index in [0.717, 1.165) is 33.2 Å². The van der Waals surface area contributed by atoms with Gasteiger partial charge in [-0.25, -0.2) is 4.98 Å². The van der Waals surface area contributed by atoms with Crippen molar-refractivity contribution in [1.82, 2.24) is 9.55 Å². The minimum Gasteiger partial charge on any atom is -0.382 e. The maximum absolute atomic E-state index is 5.91. The zero-order chi connectivity index (χ0) is 12.3. The average Bonchev–Trinajstić information content (AvgIpc) is 2.68. The normalized spacial score (nSPS) is 10.5. The Bertz CT molecular complexity index is 510. The molecule has 17 heavy (non-hydrogen) atoms. The standard InChI is InChI=1S/C12H13ClIN3/c1-9-15-4-6-17(9)7-5-16-12-3-2-10(13)8-11(12)14/h2-4,6,8,16H,5,7H2,1H3. The first-order valence-corrected chi connectivity index (χ1v) is 6.79. The van der Waals surface area contributed by atoms with Crippen molar-refractivity contribution < 1.29 is 0 Å². The summed E-state index contributed by atoms with van der Waals surface area (Å²) < 4.78 is 3.26. The lowest BCUT2D eigenvalue weighted by Crippen LogP contribution is -2.11. The van der Waals surface area contributed by atoms with Crippen LogP contribution in [0.25, 0.3) is 0 Å². The third-order valence-corrected chi connectivity index (χ3v) is 3.65. The van der Waals surface area contributed by atoms with E-state index < -0.39 is 0 Å². The van der Waals surface area contributed by atoms with Crippen molar-refractivity contribution in [1.29, 1.82) is 0 Å². The highest BCUT2D eigenvalue weighted by molar-refractivity contribution is 14.1. The molecule has 0 saturated carbocycles. The van der Waals surface area contributed by atoms with Gasteiger partial charge in [0.15, 0.2) is 0 Å². The van der Waals surface area contributed by atoms with E-state index in [1.165, 1.54) is 0 Å². The molecule has 0 saturated heterocycles. The molecule has 5 heteroatoms. The van der Waals surface area contributed by atoms with Gasteiger partial charge in [-0.2, -0.15) is 0 Å². The molecular formula is C12H13ClIN3. The summed E-state index contributed by atoms with van der Waals surface area (Å²) >= 11 is 8.19. The van der Waals surface area contributed by atoms with Crippen LogP contribution in [0.15, 0.2) is 30.6 Å². The van der Waals surface area contributed by atoms with Crippen LogP contribution in [0.3, 0.4) is 0 Å². The molecule has 0 aliphatic heterocycles. The number of anilines is 1. The van der Waals surface area contributed by atoms with E-state index in [2.05, 4.69) is 37.5 Å².